The zero-order valence-corrected chi connectivity index (χ0v) is 7.56. The Morgan fingerprint density at radius 1 is 1.29 bits per heavy atom. The van der Waals surface area contributed by atoms with Crippen LogP contribution in [0.25, 0.3) is 0 Å². The molecule has 1 aromatic rings. The van der Waals surface area contributed by atoms with Crippen LogP contribution in [0.3, 0.4) is 0 Å². The van der Waals surface area contributed by atoms with Gasteiger partial charge in [-0.2, -0.15) is 4.98 Å². The van der Waals surface area contributed by atoms with Crippen LogP contribution < -0.4 is 0 Å². The van der Waals surface area contributed by atoms with Crippen LogP contribution in [-0.2, 0) is 5.67 Å². The highest BCUT2D eigenvalue weighted by atomic mass is 19.3. The van der Waals surface area contributed by atoms with Gasteiger partial charge in [0.2, 0.25) is 11.7 Å². The van der Waals surface area contributed by atoms with Crippen molar-refractivity contribution in [3.63, 3.8) is 0 Å². The summed E-state index contributed by atoms with van der Waals surface area (Å²) in [6.45, 7) is 1.49. The lowest BCUT2D eigenvalue weighted by atomic mass is 10.0. The SMILES string of the molecule is Cc1nc(C2(F)CCC(F)(F)C2)no1. The van der Waals surface area contributed by atoms with Gasteiger partial charge in [-0.1, -0.05) is 5.16 Å². The van der Waals surface area contributed by atoms with E-state index < -0.39 is 24.4 Å². The van der Waals surface area contributed by atoms with Gasteiger partial charge in [-0.3, -0.25) is 0 Å². The van der Waals surface area contributed by atoms with Crippen molar-refractivity contribution < 1.29 is 17.7 Å². The average molecular weight is 206 g/mol. The van der Waals surface area contributed by atoms with Crippen molar-refractivity contribution in [3.05, 3.63) is 11.7 Å². The smallest absolute Gasteiger partial charge is 0.251 e. The summed E-state index contributed by atoms with van der Waals surface area (Å²) in [5.41, 5.74) is -2.12. The molecule has 78 valence electrons. The molecule has 1 aliphatic rings. The van der Waals surface area contributed by atoms with Gasteiger partial charge in [0, 0.05) is 13.3 Å². The molecule has 0 radical (unpaired) electrons. The molecule has 1 aromatic heterocycles. The number of nitrogens with zero attached hydrogens (tertiary/aromatic N) is 2. The standard InChI is InChI=1S/C8H9F3N2O/c1-5-12-6(13-14-5)7(9)2-3-8(10,11)4-7/h2-4H2,1H3. The maximum atomic E-state index is 13.9. The first-order valence-electron chi connectivity index (χ1n) is 4.29. The van der Waals surface area contributed by atoms with Crippen LogP contribution in [0.4, 0.5) is 13.2 Å². The Morgan fingerprint density at radius 3 is 2.43 bits per heavy atom. The normalized spacial score (nSPS) is 30.9. The van der Waals surface area contributed by atoms with E-state index in [9.17, 15) is 13.2 Å². The summed E-state index contributed by atoms with van der Waals surface area (Å²) in [4.78, 5) is 3.64. The third kappa shape index (κ3) is 1.49. The third-order valence-electron chi connectivity index (χ3n) is 2.35. The van der Waals surface area contributed by atoms with E-state index >= 15 is 0 Å². The van der Waals surface area contributed by atoms with Crippen molar-refractivity contribution in [1.29, 1.82) is 0 Å². The highest BCUT2D eigenvalue weighted by Gasteiger charge is 2.53. The van der Waals surface area contributed by atoms with Crippen molar-refractivity contribution in [2.75, 3.05) is 0 Å². The molecular formula is C8H9F3N2O. The maximum Gasteiger partial charge on any atom is 0.251 e. The lowest BCUT2D eigenvalue weighted by molar-refractivity contribution is -0.0121. The molecule has 3 nitrogen and oxygen atoms in total. The molecule has 1 fully saturated rings. The molecule has 0 bridgehead atoms. The minimum Gasteiger partial charge on any atom is -0.340 e. The summed E-state index contributed by atoms with van der Waals surface area (Å²) < 4.78 is 44.1. The first-order chi connectivity index (χ1) is 6.41. The second-order valence-electron chi connectivity index (χ2n) is 3.64. The molecular weight excluding hydrogens is 197 g/mol. The molecule has 0 aliphatic heterocycles. The minimum atomic E-state index is -2.96. The van der Waals surface area contributed by atoms with Gasteiger partial charge in [-0.05, 0) is 6.42 Å². The summed E-state index contributed by atoms with van der Waals surface area (Å²) in [5, 5.41) is 3.34. The predicted octanol–water partition coefficient (Wildman–Crippen LogP) is 2.36. The van der Waals surface area contributed by atoms with E-state index in [4.69, 9.17) is 0 Å². The predicted molar refractivity (Wildman–Crippen MR) is 40.6 cm³/mol. The molecule has 2 rings (SSSR count). The zero-order valence-electron chi connectivity index (χ0n) is 7.56. The molecule has 1 aliphatic carbocycles. The molecule has 0 aromatic carbocycles. The highest BCUT2D eigenvalue weighted by Crippen LogP contribution is 2.48. The van der Waals surface area contributed by atoms with Gasteiger partial charge >= 0.3 is 0 Å². The van der Waals surface area contributed by atoms with Crippen LogP contribution >= 0.6 is 0 Å². The van der Waals surface area contributed by atoms with Crippen LogP contribution in [0.2, 0.25) is 0 Å². The molecule has 0 amide bonds. The molecule has 1 atom stereocenters. The van der Waals surface area contributed by atoms with Crippen molar-refractivity contribution in [2.24, 2.45) is 0 Å². The fourth-order valence-corrected chi connectivity index (χ4v) is 1.64. The largest absolute Gasteiger partial charge is 0.340 e. The first-order valence-corrected chi connectivity index (χ1v) is 4.29. The Bertz CT molecular complexity index is 352. The monoisotopic (exact) mass is 206 g/mol. The summed E-state index contributed by atoms with van der Waals surface area (Å²) >= 11 is 0. The van der Waals surface area contributed by atoms with Crippen molar-refractivity contribution in [2.45, 2.75) is 37.8 Å². The average Bonchev–Trinajstić information content (AvgIpc) is 2.57. The first kappa shape index (κ1) is 9.48. The van der Waals surface area contributed by atoms with Crippen LogP contribution in [0.15, 0.2) is 4.52 Å². The maximum absolute atomic E-state index is 13.9. The Hall–Kier alpha value is -1.07. The van der Waals surface area contributed by atoms with Crippen LogP contribution in [-0.4, -0.2) is 16.1 Å². The number of aryl methyl sites for hydroxylation is 1. The number of halogens is 3. The third-order valence-corrected chi connectivity index (χ3v) is 2.35. The van der Waals surface area contributed by atoms with Gasteiger partial charge in [-0.15, -0.1) is 0 Å². The number of alkyl halides is 3. The Labute approximate surface area is 78.3 Å². The summed E-state index contributed by atoms with van der Waals surface area (Å²) in [5.74, 6) is -3.03. The Balaban J connectivity index is 2.27. The van der Waals surface area contributed by atoms with E-state index in [1.807, 2.05) is 0 Å². The fraction of sp³-hybridized carbons (Fsp3) is 0.750. The van der Waals surface area contributed by atoms with E-state index in [0.717, 1.165) is 0 Å². The fourth-order valence-electron chi connectivity index (χ4n) is 1.64. The quantitative estimate of drug-likeness (QED) is 0.708. The Kier molecular flexibility index (Phi) is 1.84. The molecule has 0 N–H and O–H groups in total. The number of hydrogen-bond acceptors (Lipinski definition) is 3. The Morgan fingerprint density at radius 2 is 2.00 bits per heavy atom. The van der Waals surface area contributed by atoms with Crippen LogP contribution in [0.1, 0.15) is 31.0 Å². The van der Waals surface area contributed by atoms with E-state index in [-0.39, 0.29) is 18.1 Å². The second kappa shape index (κ2) is 2.71. The summed E-state index contributed by atoms with van der Waals surface area (Å²) in [6, 6.07) is 0. The van der Waals surface area contributed by atoms with Gasteiger partial charge in [0.05, 0.1) is 6.42 Å². The molecule has 14 heavy (non-hydrogen) atoms. The lowest BCUT2D eigenvalue weighted by Gasteiger charge is -2.14. The number of aromatic nitrogens is 2. The minimum absolute atomic E-state index is 0.187. The van der Waals surface area contributed by atoms with E-state index in [1.165, 1.54) is 6.92 Å². The zero-order chi connectivity index (χ0) is 10.4. The van der Waals surface area contributed by atoms with Crippen molar-refractivity contribution >= 4 is 0 Å². The highest BCUT2D eigenvalue weighted by molar-refractivity contribution is 5.07. The van der Waals surface area contributed by atoms with Crippen molar-refractivity contribution in [3.8, 4) is 0 Å². The van der Waals surface area contributed by atoms with E-state index in [1.54, 1.807) is 0 Å². The van der Waals surface area contributed by atoms with Gasteiger partial charge < -0.3 is 4.52 Å². The molecule has 1 unspecified atom stereocenters. The number of rotatable bonds is 1. The van der Waals surface area contributed by atoms with E-state index in [2.05, 4.69) is 14.7 Å². The molecule has 6 heteroatoms. The second-order valence-corrected chi connectivity index (χ2v) is 3.64. The molecule has 1 heterocycles. The lowest BCUT2D eigenvalue weighted by Crippen LogP contribution is -2.21. The number of hydrogen-bond donors (Lipinski definition) is 0. The van der Waals surface area contributed by atoms with Gasteiger partial charge in [0.25, 0.3) is 5.92 Å². The molecule has 1 saturated carbocycles. The molecule has 0 spiro atoms. The van der Waals surface area contributed by atoms with Gasteiger partial charge in [-0.25, -0.2) is 13.2 Å². The van der Waals surface area contributed by atoms with Gasteiger partial charge in [0.1, 0.15) is 0 Å². The summed E-state index contributed by atoms with van der Waals surface area (Å²) in [6.07, 6.45) is -1.56. The van der Waals surface area contributed by atoms with Gasteiger partial charge in [0.15, 0.2) is 5.67 Å². The summed E-state index contributed by atoms with van der Waals surface area (Å²) in [7, 11) is 0. The van der Waals surface area contributed by atoms with Crippen LogP contribution in [0.5, 0.6) is 0 Å². The van der Waals surface area contributed by atoms with Crippen molar-refractivity contribution in [1.82, 2.24) is 10.1 Å². The molecule has 0 saturated heterocycles. The van der Waals surface area contributed by atoms with Crippen LogP contribution in [0, 0.1) is 6.92 Å². The topological polar surface area (TPSA) is 38.9 Å². The van der Waals surface area contributed by atoms with E-state index in [0.29, 0.717) is 0 Å².